The third-order valence-electron chi connectivity index (χ3n) is 4.49. The highest BCUT2D eigenvalue weighted by atomic mass is 32.2. The number of rotatable bonds is 5. The second kappa shape index (κ2) is 5.58. The molecule has 2 heterocycles. The summed E-state index contributed by atoms with van der Waals surface area (Å²) in [6.07, 6.45) is 4.87. The Morgan fingerprint density at radius 1 is 1.45 bits per heavy atom. The highest BCUT2D eigenvalue weighted by molar-refractivity contribution is 7.89. The van der Waals surface area contributed by atoms with Gasteiger partial charge in [-0.15, -0.1) is 5.10 Å². The molecule has 2 fully saturated rings. The molecule has 1 aromatic rings. The van der Waals surface area contributed by atoms with Crippen LogP contribution >= 0.6 is 0 Å². The minimum atomic E-state index is -3.29. The van der Waals surface area contributed by atoms with Gasteiger partial charge in [-0.25, -0.2) is 13.1 Å². The predicted molar refractivity (Wildman–Crippen MR) is 81.6 cm³/mol. The summed E-state index contributed by atoms with van der Waals surface area (Å²) in [4.78, 5) is 0. The zero-order valence-electron chi connectivity index (χ0n) is 13.1. The number of hydrogen-bond acceptors (Lipinski definition) is 5. The number of piperidine rings is 1. The molecule has 2 aliphatic rings. The zero-order valence-corrected chi connectivity index (χ0v) is 14.0. The van der Waals surface area contributed by atoms with Gasteiger partial charge >= 0.3 is 0 Å². The van der Waals surface area contributed by atoms with Gasteiger partial charge in [0.25, 0.3) is 0 Å². The van der Waals surface area contributed by atoms with Gasteiger partial charge in [0.15, 0.2) is 0 Å². The fourth-order valence-corrected chi connectivity index (χ4v) is 4.83. The Kier molecular flexibility index (Phi) is 4.03. The lowest BCUT2D eigenvalue weighted by Gasteiger charge is -2.37. The van der Waals surface area contributed by atoms with Crippen LogP contribution in [0.15, 0.2) is 6.20 Å². The van der Waals surface area contributed by atoms with E-state index in [9.17, 15) is 13.5 Å². The number of sulfonamides is 1. The lowest BCUT2D eigenvalue weighted by molar-refractivity contribution is -0.0162. The smallest absolute Gasteiger partial charge is 0.214 e. The fraction of sp³-hybridized carbons (Fsp3) is 0.857. The quantitative estimate of drug-likeness (QED) is 0.867. The highest BCUT2D eigenvalue weighted by Gasteiger charge is 2.42. The summed E-state index contributed by atoms with van der Waals surface area (Å²) in [5, 5.41) is 19.0. The first-order valence-corrected chi connectivity index (χ1v) is 9.54. The highest BCUT2D eigenvalue weighted by Crippen LogP contribution is 2.35. The van der Waals surface area contributed by atoms with Crippen LogP contribution in [-0.2, 0) is 15.6 Å². The van der Waals surface area contributed by atoms with Crippen molar-refractivity contribution in [2.75, 3.05) is 18.8 Å². The molecule has 0 bridgehead atoms. The van der Waals surface area contributed by atoms with Gasteiger partial charge in [0.05, 0.1) is 11.9 Å². The molecule has 1 aliphatic heterocycles. The molecule has 0 amide bonds. The molecule has 1 N–H and O–H groups in total. The molecule has 7 nitrogen and oxygen atoms in total. The van der Waals surface area contributed by atoms with Crippen LogP contribution in [0.3, 0.4) is 0 Å². The Morgan fingerprint density at radius 3 is 2.77 bits per heavy atom. The predicted octanol–water partition coefficient (Wildman–Crippen LogP) is 0.882. The molecule has 0 aromatic carbocycles. The number of aliphatic hydroxyl groups is 1. The standard InChI is InChI=1S/C14H24N4O3S/c1-11(2)18-8-13(15-16-18)14(19)6-3-7-17(10-14)22(20,21)9-12-4-5-12/h8,11-12,19H,3-7,9-10H2,1-2H3/t14-/m1/s1. The van der Waals surface area contributed by atoms with Crippen molar-refractivity contribution in [3.8, 4) is 0 Å². The van der Waals surface area contributed by atoms with Crippen molar-refractivity contribution in [1.29, 1.82) is 0 Å². The summed E-state index contributed by atoms with van der Waals surface area (Å²) >= 11 is 0. The van der Waals surface area contributed by atoms with E-state index in [-0.39, 0.29) is 18.3 Å². The molecular weight excluding hydrogens is 304 g/mol. The summed E-state index contributed by atoms with van der Waals surface area (Å²) in [5.41, 5.74) is -0.769. The summed E-state index contributed by atoms with van der Waals surface area (Å²) < 4.78 is 28.0. The van der Waals surface area contributed by atoms with E-state index in [0.29, 0.717) is 31.0 Å². The van der Waals surface area contributed by atoms with Gasteiger partial charge in [-0.3, -0.25) is 0 Å². The van der Waals surface area contributed by atoms with Crippen LogP contribution in [0.2, 0.25) is 0 Å². The number of nitrogens with zero attached hydrogens (tertiary/aromatic N) is 4. The SMILES string of the molecule is CC(C)n1cc([C@@]2(O)CCCN(S(=O)(=O)CC3CC3)C2)nn1. The van der Waals surface area contributed by atoms with Gasteiger partial charge in [0.2, 0.25) is 10.0 Å². The van der Waals surface area contributed by atoms with E-state index in [1.54, 1.807) is 10.9 Å². The number of hydrogen-bond donors (Lipinski definition) is 1. The van der Waals surface area contributed by atoms with Crippen molar-refractivity contribution in [2.24, 2.45) is 5.92 Å². The van der Waals surface area contributed by atoms with Crippen LogP contribution in [-0.4, -0.2) is 51.7 Å². The average molecular weight is 328 g/mol. The molecule has 8 heteroatoms. The van der Waals surface area contributed by atoms with E-state index in [1.165, 1.54) is 4.31 Å². The van der Waals surface area contributed by atoms with Crippen LogP contribution in [0.1, 0.15) is 51.3 Å². The molecule has 1 aliphatic carbocycles. The minimum Gasteiger partial charge on any atom is -0.382 e. The first-order chi connectivity index (χ1) is 10.3. The van der Waals surface area contributed by atoms with E-state index in [2.05, 4.69) is 10.3 Å². The van der Waals surface area contributed by atoms with Gasteiger partial charge in [-0.1, -0.05) is 5.21 Å². The molecular formula is C14H24N4O3S. The third-order valence-corrected chi connectivity index (χ3v) is 6.48. The van der Waals surface area contributed by atoms with Gasteiger partial charge in [-0.2, -0.15) is 4.31 Å². The van der Waals surface area contributed by atoms with Gasteiger partial charge in [0.1, 0.15) is 11.3 Å². The molecule has 124 valence electrons. The lowest BCUT2D eigenvalue weighted by Crippen LogP contribution is -2.49. The van der Waals surface area contributed by atoms with Crippen molar-refractivity contribution in [1.82, 2.24) is 19.3 Å². The van der Waals surface area contributed by atoms with Crippen LogP contribution in [0.4, 0.5) is 0 Å². The molecule has 1 aromatic heterocycles. The van der Waals surface area contributed by atoms with Crippen molar-refractivity contribution >= 4 is 10.0 Å². The normalized spacial score (nSPS) is 27.5. The topological polar surface area (TPSA) is 88.3 Å². The zero-order chi connectivity index (χ0) is 16.0. The summed E-state index contributed by atoms with van der Waals surface area (Å²) in [7, 11) is -3.29. The fourth-order valence-electron chi connectivity index (χ4n) is 2.87. The van der Waals surface area contributed by atoms with E-state index in [4.69, 9.17) is 0 Å². The van der Waals surface area contributed by atoms with Crippen LogP contribution in [0, 0.1) is 5.92 Å². The summed E-state index contributed by atoms with van der Waals surface area (Å²) in [6.45, 7) is 4.53. The molecule has 0 radical (unpaired) electrons. The molecule has 1 atom stereocenters. The van der Waals surface area contributed by atoms with Gasteiger partial charge in [-0.05, 0) is 45.4 Å². The maximum Gasteiger partial charge on any atom is 0.214 e. The van der Waals surface area contributed by atoms with E-state index in [1.807, 2.05) is 13.8 Å². The van der Waals surface area contributed by atoms with Crippen molar-refractivity contribution in [2.45, 2.75) is 51.2 Å². The Balaban J connectivity index is 1.78. The third kappa shape index (κ3) is 3.18. The molecule has 0 unspecified atom stereocenters. The second-order valence-electron chi connectivity index (χ2n) is 6.87. The summed E-state index contributed by atoms with van der Waals surface area (Å²) in [6, 6.07) is 0.156. The van der Waals surface area contributed by atoms with Gasteiger partial charge in [0, 0.05) is 19.1 Å². The van der Waals surface area contributed by atoms with Gasteiger partial charge < -0.3 is 5.11 Å². The van der Waals surface area contributed by atoms with Crippen LogP contribution in [0.25, 0.3) is 0 Å². The van der Waals surface area contributed by atoms with Crippen molar-refractivity contribution in [3.05, 3.63) is 11.9 Å². The maximum absolute atomic E-state index is 12.4. The molecule has 1 saturated heterocycles. The Morgan fingerprint density at radius 2 is 2.18 bits per heavy atom. The Hall–Kier alpha value is -0.990. The number of β-amino-alcohol motifs (C(OH)–C–C–N with tert-alkyl or cyclic N) is 1. The molecule has 0 spiro atoms. The molecule has 1 saturated carbocycles. The largest absolute Gasteiger partial charge is 0.382 e. The van der Waals surface area contributed by atoms with Crippen molar-refractivity contribution < 1.29 is 13.5 Å². The molecule has 3 rings (SSSR count). The number of aromatic nitrogens is 3. The van der Waals surface area contributed by atoms with Crippen molar-refractivity contribution in [3.63, 3.8) is 0 Å². The van der Waals surface area contributed by atoms with Crippen LogP contribution < -0.4 is 0 Å². The summed E-state index contributed by atoms with van der Waals surface area (Å²) in [5.74, 6) is 0.517. The van der Waals surface area contributed by atoms with E-state index < -0.39 is 15.6 Å². The minimum absolute atomic E-state index is 0.0822. The second-order valence-corrected chi connectivity index (χ2v) is 8.88. The Labute approximate surface area is 131 Å². The first-order valence-electron chi connectivity index (χ1n) is 7.93. The van der Waals surface area contributed by atoms with E-state index >= 15 is 0 Å². The molecule has 22 heavy (non-hydrogen) atoms. The Bertz CT molecular complexity index is 638. The average Bonchev–Trinajstić information content (AvgIpc) is 3.08. The van der Waals surface area contributed by atoms with Crippen LogP contribution in [0.5, 0.6) is 0 Å². The lowest BCUT2D eigenvalue weighted by atomic mass is 9.91. The monoisotopic (exact) mass is 328 g/mol. The first kappa shape index (κ1) is 15.9. The maximum atomic E-state index is 12.4. The van der Waals surface area contributed by atoms with E-state index in [0.717, 1.165) is 12.8 Å².